The van der Waals surface area contributed by atoms with Crippen LogP contribution < -0.4 is 4.90 Å². The lowest BCUT2D eigenvalue weighted by Gasteiger charge is -2.38. The summed E-state index contributed by atoms with van der Waals surface area (Å²) in [5.41, 5.74) is 0.803. The number of H-pyrrole nitrogens is 1. The topological polar surface area (TPSA) is 82.1 Å². The van der Waals surface area contributed by atoms with Crippen LogP contribution in [0.3, 0.4) is 0 Å². The highest BCUT2D eigenvalue weighted by Gasteiger charge is 2.55. The molecule has 2 aromatic rings. The number of hydrogen-bond donors (Lipinski definition) is 2. The highest BCUT2D eigenvalue weighted by molar-refractivity contribution is 5.87. The normalized spacial score (nSPS) is 24.2. The summed E-state index contributed by atoms with van der Waals surface area (Å²) in [6.45, 7) is 1.54. The van der Waals surface area contributed by atoms with Crippen molar-refractivity contribution in [2.45, 2.75) is 19.3 Å². The maximum atomic E-state index is 11.4. The van der Waals surface area contributed by atoms with Crippen LogP contribution in [0.1, 0.15) is 19.3 Å². The van der Waals surface area contributed by atoms with Crippen LogP contribution in [0.2, 0.25) is 0 Å². The number of nitrogens with zero attached hydrogens (tertiary/aromatic N) is 3. The second-order valence-corrected chi connectivity index (χ2v) is 5.90. The lowest BCUT2D eigenvalue weighted by Crippen LogP contribution is -2.45. The van der Waals surface area contributed by atoms with Gasteiger partial charge in [0.2, 0.25) is 0 Å². The van der Waals surface area contributed by atoms with E-state index >= 15 is 0 Å². The van der Waals surface area contributed by atoms with Gasteiger partial charge in [0.1, 0.15) is 17.8 Å². The average Bonchev–Trinajstić information content (AvgIpc) is 3.03. The van der Waals surface area contributed by atoms with E-state index in [0.717, 1.165) is 42.8 Å². The monoisotopic (exact) mass is 272 g/mol. The zero-order valence-electron chi connectivity index (χ0n) is 11.0. The number of aromatic amines is 1. The average molecular weight is 272 g/mol. The number of aliphatic carboxylic acids is 1. The molecule has 1 saturated carbocycles. The van der Waals surface area contributed by atoms with Crippen molar-refractivity contribution in [1.29, 1.82) is 0 Å². The van der Waals surface area contributed by atoms with Gasteiger partial charge < -0.3 is 15.0 Å². The van der Waals surface area contributed by atoms with Crippen molar-refractivity contribution in [3.8, 4) is 0 Å². The maximum absolute atomic E-state index is 11.4. The first-order valence-corrected chi connectivity index (χ1v) is 6.95. The molecule has 2 aromatic heterocycles. The van der Waals surface area contributed by atoms with Crippen LogP contribution in [-0.4, -0.2) is 39.1 Å². The van der Waals surface area contributed by atoms with Gasteiger partial charge >= 0.3 is 5.97 Å². The van der Waals surface area contributed by atoms with Crippen LogP contribution in [-0.2, 0) is 4.79 Å². The molecule has 0 bridgehead atoms. The number of aromatic nitrogens is 3. The van der Waals surface area contributed by atoms with Gasteiger partial charge in [-0.3, -0.25) is 4.79 Å². The Morgan fingerprint density at radius 3 is 3.05 bits per heavy atom. The molecule has 1 saturated heterocycles. The molecule has 1 spiro atoms. The highest BCUT2D eigenvalue weighted by Crippen LogP contribution is 2.56. The van der Waals surface area contributed by atoms with E-state index in [1.807, 2.05) is 12.3 Å². The van der Waals surface area contributed by atoms with Crippen molar-refractivity contribution in [3.63, 3.8) is 0 Å². The third-order valence-corrected chi connectivity index (χ3v) is 4.76. The Morgan fingerprint density at radius 2 is 2.30 bits per heavy atom. The Balaban J connectivity index is 1.68. The second-order valence-electron chi connectivity index (χ2n) is 5.90. The number of anilines is 1. The number of carboxylic acids is 1. The van der Waals surface area contributed by atoms with Crippen LogP contribution in [0.5, 0.6) is 0 Å². The molecule has 2 fully saturated rings. The van der Waals surface area contributed by atoms with E-state index in [-0.39, 0.29) is 11.3 Å². The van der Waals surface area contributed by atoms with E-state index in [9.17, 15) is 9.90 Å². The fourth-order valence-corrected chi connectivity index (χ4v) is 3.50. The van der Waals surface area contributed by atoms with Gasteiger partial charge in [0, 0.05) is 24.7 Å². The van der Waals surface area contributed by atoms with Crippen LogP contribution in [0.4, 0.5) is 5.82 Å². The molecule has 2 N–H and O–H groups in total. The minimum atomic E-state index is -0.642. The molecule has 1 aliphatic carbocycles. The summed E-state index contributed by atoms with van der Waals surface area (Å²) >= 11 is 0. The third-order valence-electron chi connectivity index (χ3n) is 4.76. The number of carboxylic acid groups (broad SMARTS) is 1. The van der Waals surface area contributed by atoms with E-state index in [4.69, 9.17) is 0 Å². The predicted molar refractivity (Wildman–Crippen MR) is 73.5 cm³/mol. The molecular weight excluding hydrogens is 256 g/mol. The minimum absolute atomic E-state index is 0.0301. The molecule has 4 rings (SSSR count). The Kier molecular flexibility index (Phi) is 2.31. The number of fused-ring (bicyclic) bond motifs is 1. The fraction of sp³-hybridized carbons (Fsp3) is 0.500. The van der Waals surface area contributed by atoms with Gasteiger partial charge in [-0.15, -0.1) is 0 Å². The largest absolute Gasteiger partial charge is 0.481 e. The molecule has 0 radical (unpaired) electrons. The smallest absolute Gasteiger partial charge is 0.307 e. The Labute approximate surface area is 115 Å². The second kappa shape index (κ2) is 3.94. The third kappa shape index (κ3) is 1.60. The summed E-state index contributed by atoms with van der Waals surface area (Å²) in [7, 11) is 0. The summed E-state index contributed by atoms with van der Waals surface area (Å²) in [5.74, 6) is 0.0882. The van der Waals surface area contributed by atoms with Crippen LogP contribution in [0.15, 0.2) is 18.6 Å². The molecule has 0 unspecified atom stereocenters. The van der Waals surface area contributed by atoms with Crippen molar-refractivity contribution in [2.75, 3.05) is 18.0 Å². The van der Waals surface area contributed by atoms with E-state index in [1.165, 1.54) is 0 Å². The van der Waals surface area contributed by atoms with Gasteiger partial charge in [0.05, 0.1) is 11.3 Å². The molecule has 0 amide bonds. The molecule has 20 heavy (non-hydrogen) atoms. The Hall–Kier alpha value is -2.11. The highest BCUT2D eigenvalue weighted by atomic mass is 16.4. The van der Waals surface area contributed by atoms with E-state index in [0.29, 0.717) is 6.42 Å². The molecule has 0 aromatic carbocycles. The summed E-state index contributed by atoms with van der Waals surface area (Å²) < 4.78 is 0. The first-order chi connectivity index (χ1) is 9.70. The fourth-order valence-electron chi connectivity index (χ4n) is 3.50. The summed E-state index contributed by atoms with van der Waals surface area (Å²) in [6, 6.07) is 1.98. The first-order valence-electron chi connectivity index (χ1n) is 6.95. The van der Waals surface area contributed by atoms with Crippen molar-refractivity contribution in [1.82, 2.24) is 15.0 Å². The molecule has 1 aliphatic heterocycles. The number of piperidine rings is 1. The van der Waals surface area contributed by atoms with Crippen molar-refractivity contribution in [3.05, 3.63) is 18.6 Å². The molecule has 2 aliphatic rings. The van der Waals surface area contributed by atoms with E-state index < -0.39 is 5.97 Å². The predicted octanol–water partition coefficient (Wildman–Crippen LogP) is 1.65. The van der Waals surface area contributed by atoms with Crippen LogP contribution in [0.25, 0.3) is 11.0 Å². The Bertz CT molecular complexity index is 677. The summed E-state index contributed by atoms with van der Waals surface area (Å²) in [4.78, 5) is 25.3. The number of hydrogen-bond acceptors (Lipinski definition) is 4. The van der Waals surface area contributed by atoms with Gasteiger partial charge in [0.15, 0.2) is 0 Å². The lowest BCUT2D eigenvalue weighted by molar-refractivity contribution is -0.144. The standard InChI is InChI=1S/C14H16N4O2/c19-13(20)10-2-6-18(7-14(10)3-4-14)12-9-1-5-15-11(9)16-8-17-12/h1,5,8,10H,2-4,6-7H2,(H,19,20)(H,15,16,17)/t10-/m0/s1. The molecule has 3 heterocycles. The first kappa shape index (κ1) is 11.7. The lowest BCUT2D eigenvalue weighted by atomic mass is 9.82. The van der Waals surface area contributed by atoms with E-state index in [1.54, 1.807) is 6.33 Å². The van der Waals surface area contributed by atoms with E-state index in [2.05, 4.69) is 19.9 Å². The van der Waals surface area contributed by atoms with Gasteiger partial charge in [-0.05, 0) is 25.3 Å². The molecule has 6 heteroatoms. The van der Waals surface area contributed by atoms with Crippen molar-refractivity contribution >= 4 is 22.8 Å². The zero-order valence-corrected chi connectivity index (χ0v) is 11.0. The maximum Gasteiger partial charge on any atom is 0.307 e. The van der Waals surface area contributed by atoms with Crippen molar-refractivity contribution < 1.29 is 9.90 Å². The molecule has 104 valence electrons. The van der Waals surface area contributed by atoms with Crippen LogP contribution in [0, 0.1) is 11.3 Å². The van der Waals surface area contributed by atoms with Gasteiger partial charge in [-0.2, -0.15) is 0 Å². The zero-order chi connectivity index (χ0) is 13.7. The molecule has 1 atom stereocenters. The quantitative estimate of drug-likeness (QED) is 0.868. The van der Waals surface area contributed by atoms with Crippen molar-refractivity contribution in [2.24, 2.45) is 11.3 Å². The number of nitrogens with one attached hydrogen (secondary N) is 1. The number of carbonyl (C=O) groups is 1. The summed E-state index contributed by atoms with van der Waals surface area (Å²) in [5, 5.41) is 10.4. The van der Waals surface area contributed by atoms with Crippen LogP contribution >= 0.6 is 0 Å². The SMILES string of the molecule is O=C(O)[C@@H]1CCN(c2ncnc3[nH]ccc23)CC12CC2. The number of rotatable bonds is 2. The van der Waals surface area contributed by atoms with Gasteiger partial charge in [0.25, 0.3) is 0 Å². The Morgan fingerprint density at radius 1 is 1.45 bits per heavy atom. The molecular formula is C14H16N4O2. The van der Waals surface area contributed by atoms with Gasteiger partial charge in [-0.1, -0.05) is 0 Å². The molecule has 6 nitrogen and oxygen atoms in total. The minimum Gasteiger partial charge on any atom is -0.481 e. The summed E-state index contributed by atoms with van der Waals surface area (Å²) in [6.07, 6.45) is 6.16. The van der Waals surface area contributed by atoms with Gasteiger partial charge in [-0.25, -0.2) is 9.97 Å².